The van der Waals surface area contributed by atoms with Crippen LogP contribution in [0.15, 0.2) is 52.9 Å². The summed E-state index contributed by atoms with van der Waals surface area (Å²) in [6.07, 6.45) is 3.85. The van der Waals surface area contributed by atoms with E-state index < -0.39 is 0 Å². The molecule has 1 unspecified atom stereocenters. The third kappa shape index (κ3) is 4.38. The highest BCUT2D eigenvalue weighted by atomic mass is 16.5. The Kier molecular flexibility index (Phi) is 5.88. The number of benzene rings is 2. The van der Waals surface area contributed by atoms with Crippen LogP contribution >= 0.6 is 0 Å². The third-order valence-electron chi connectivity index (χ3n) is 6.63. The van der Waals surface area contributed by atoms with E-state index in [1.54, 1.807) is 7.11 Å². The summed E-state index contributed by atoms with van der Waals surface area (Å²) in [5.41, 5.74) is 2.90. The van der Waals surface area contributed by atoms with Gasteiger partial charge >= 0.3 is 6.03 Å². The molecule has 2 fully saturated rings. The zero-order valence-corrected chi connectivity index (χ0v) is 18.5. The number of piperidine rings is 2. The molecule has 3 aromatic rings. The van der Waals surface area contributed by atoms with E-state index in [9.17, 15) is 4.79 Å². The SMILES string of the molecule is COc1ccc(N2CCC(NC(=O)N3CCCC(c4nc5ccccc5o4)C3)CC2)cc1. The van der Waals surface area contributed by atoms with Gasteiger partial charge in [0, 0.05) is 37.9 Å². The van der Waals surface area contributed by atoms with E-state index in [1.165, 1.54) is 5.69 Å². The Balaban J connectivity index is 1.14. The van der Waals surface area contributed by atoms with Gasteiger partial charge in [-0.2, -0.15) is 0 Å². The summed E-state index contributed by atoms with van der Waals surface area (Å²) in [7, 11) is 1.68. The van der Waals surface area contributed by atoms with Crippen LogP contribution < -0.4 is 15.0 Å². The molecule has 1 N–H and O–H groups in total. The Morgan fingerprint density at radius 3 is 2.59 bits per heavy atom. The van der Waals surface area contributed by atoms with Crippen LogP contribution in [0.3, 0.4) is 0 Å². The van der Waals surface area contributed by atoms with Crippen LogP contribution in [-0.4, -0.2) is 55.2 Å². The number of rotatable bonds is 4. The number of carbonyl (C=O) groups is 1. The fraction of sp³-hybridized carbons (Fsp3) is 0.440. The highest BCUT2D eigenvalue weighted by molar-refractivity contribution is 5.75. The molecule has 0 saturated carbocycles. The molecular formula is C25H30N4O3. The third-order valence-corrected chi connectivity index (χ3v) is 6.63. The minimum absolute atomic E-state index is 0.0358. The van der Waals surface area contributed by atoms with Crippen LogP contribution in [0.4, 0.5) is 10.5 Å². The van der Waals surface area contributed by atoms with Gasteiger partial charge in [-0.15, -0.1) is 0 Å². The molecule has 32 heavy (non-hydrogen) atoms. The summed E-state index contributed by atoms with van der Waals surface area (Å²) in [6.45, 7) is 3.31. The van der Waals surface area contributed by atoms with Crippen molar-refractivity contribution in [1.29, 1.82) is 0 Å². The maximum absolute atomic E-state index is 13.0. The van der Waals surface area contributed by atoms with Crippen LogP contribution in [0, 0.1) is 0 Å². The lowest BCUT2D eigenvalue weighted by Gasteiger charge is -2.36. The number of nitrogens with one attached hydrogen (secondary N) is 1. The fourth-order valence-corrected chi connectivity index (χ4v) is 4.77. The first-order chi connectivity index (χ1) is 15.7. The number of fused-ring (bicyclic) bond motifs is 1. The largest absolute Gasteiger partial charge is 0.497 e. The second-order valence-corrected chi connectivity index (χ2v) is 8.71. The summed E-state index contributed by atoms with van der Waals surface area (Å²) in [5, 5.41) is 3.27. The van der Waals surface area contributed by atoms with E-state index in [-0.39, 0.29) is 18.0 Å². The van der Waals surface area contributed by atoms with Crippen molar-refractivity contribution in [2.45, 2.75) is 37.6 Å². The Morgan fingerprint density at radius 2 is 1.84 bits per heavy atom. The number of hydrogen-bond acceptors (Lipinski definition) is 5. The first kappa shape index (κ1) is 20.7. The number of oxazole rings is 1. The first-order valence-corrected chi connectivity index (χ1v) is 11.5. The van der Waals surface area contributed by atoms with Gasteiger partial charge in [0.2, 0.25) is 0 Å². The monoisotopic (exact) mass is 434 g/mol. The minimum Gasteiger partial charge on any atom is -0.497 e. The number of urea groups is 1. The van der Waals surface area contributed by atoms with E-state index in [2.05, 4.69) is 27.3 Å². The van der Waals surface area contributed by atoms with Crippen LogP contribution in [-0.2, 0) is 0 Å². The van der Waals surface area contributed by atoms with Gasteiger partial charge in [0.15, 0.2) is 11.5 Å². The molecule has 1 atom stereocenters. The van der Waals surface area contributed by atoms with Crippen LogP contribution in [0.5, 0.6) is 5.75 Å². The second-order valence-electron chi connectivity index (χ2n) is 8.71. The highest BCUT2D eigenvalue weighted by Crippen LogP contribution is 2.29. The van der Waals surface area contributed by atoms with Gasteiger partial charge < -0.3 is 24.3 Å². The van der Waals surface area contributed by atoms with Crippen molar-refractivity contribution < 1.29 is 13.9 Å². The molecule has 2 saturated heterocycles. The van der Waals surface area contributed by atoms with E-state index in [0.717, 1.165) is 68.1 Å². The van der Waals surface area contributed by atoms with E-state index in [0.29, 0.717) is 6.54 Å². The lowest BCUT2D eigenvalue weighted by atomic mass is 9.98. The van der Waals surface area contributed by atoms with Gasteiger partial charge in [0.05, 0.1) is 13.0 Å². The minimum atomic E-state index is 0.0358. The van der Waals surface area contributed by atoms with Crippen LogP contribution in [0.25, 0.3) is 11.1 Å². The molecule has 5 rings (SSSR count). The molecule has 2 aromatic carbocycles. The van der Waals surface area contributed by atoms with Gasteiger partial charge in [0.25, 0.3) is 0 Å². The van der Waals surface area contributed by atoms with Gasteiger partial charge in [-0.3, -0.25) is 0 Å². The number of amides is 2. The fourth-order valence-electron chi connectivity index (χ4n) is 4.77. The van der Waals surface area contributed by atoms with Crippen molar-refractivity contribution in [1.82, 2.24) is 15.2 Å². The summed E-state index contributed by atoms with van der Waals surface area (Å²) in [4.78, 5) is 21.9. The maximum atomic E-state index is 13.0. The molecular weight excluding hydrogens is 404 g/mol. The Bertz CT molecular complexity index is 1020. The lowest BCUT2D eigenvalue weighted by molar-refractivity contribution is 0.169. The number of para-hydroxylation sites is 2. The molecule has 2 aliphatic heterocycles. The van der Waals surface area contributed by atoms with E-state index in [4.69, 9.17) is 9.15 Å². The normalized spacial score (nSPS) is 19.8. The maximum Gasteiger partial charge on any atom is 0.317 e. The Labute approximate surface area is 188 Å². The van der Waals surface area contributed by atoms with Crippen molar-refractivity contribution in [3.63, 3.8) is 0 Å². The molecule has 0 radical (unpaired) electrons. The summed E-state index contributed by atoms with van der Waals surface area (Å²) in [6, 6.07) is 16.3. The Morgan fingerprint density at radius 1 is 1.06 bits per heavy atom. The zero-order chi connectivity index (χ0) is 21.9. The molecule has 1 aromatic heterocycles. The summed E-state index contributed by atoms with van der Waals surface area (Å²) >= 11 is 0. The molecule has 7 nitrogen and oxygen atoms in total. The number of carbonyl (C=O) groups excluding carboxylic acids is 1. The van der Waals surface area contributed by atoms with Crippen molar-refractivity contribution >= 4 is 22.8 Å². The molecule has 2 aliphatic rings. The highest BCUT2D eigenvalue weighted by Gasteiger charge is 2.30. The predicted molar refractivity (Wildman–Crippen MR) is 124 cm³/mol. The quantitative estimate of drug-likeness (QED) is 0.659. The number of methoxy groups -OCH3 is 1. The lowest BCUT2D eigenvalue weighted by Crippen LogP contribution is -2.51. The van der Waals surface area contributed by atoms with Crippen molar-refractivity contribution in [3.05, 3.63) is 54.4 Å². The van der Waals surface area contributed by atoms with Crippen LogP contribution in [0.1, 0.15) is 37.5 Å². The molecule has 0 bridgehead atoms. The Hall–Kier alpha value is -3.22. The van der Waals surface area contributed by atoms with Crippen molar-refractivity contribution in [3.8, 4) is 5.75 Å². The number of aromatic nitrogens is 1. The number of ether oxygens (including phenoxy) is 1. The summed E-state index contributed by atoms with van der Waals surface area (Å²) < 4.78 is 11.2. The number of nitrogens with zero attached hydrogens (tertiary/aromatic N) is 3. The number of anilines is 1. The van der Waals surface area contributed by atoms with Gasteiger partial charge in [-0.25, -0.2) is 9.78 Å². The standard InChI is InChI=1S/C25H30N4O3/c1-31-21-10-8-20(9-11-21)28-15-12-19(13-16-28)26-25(30)29-14-4-5-18(17-29)24-27-22-6-2-3-7-23(22)32-24/h2-3,6-11,18-19H,4-5,12-17H2,1H3,(H,26,30). The smallest absolute Gasteiger partial charge is 0.317 e. The average molecular weight is 435 g/mol. The molecule has 0 spiro atoms. The molecule has 3 heterocycles. The van der Waals surface area contributed by atoms with Crippen LogP contribution in [0.2, 0.25) is 0 Å². The number of hydrogen-bond donors (Lipinski definition) is 1. The predicted octanol–water partition coefficient (Wildman–Crippen LogP) is 4.39. The molecule has 0 aliphatic carbocycles. The average Bonchev–Trinajstić information content (AvgIpc) is 3.29. The van der Waals surface area contributed by atoms with Crippen molar-refractivity contribution in [2.75, 3.05) is 38.2 Å². The molecule has 168 valence electrons. The summed E-state index contributed by atoms with van der Waals surface area (Å²) in [5.74, 6) is 1.77. The second kappa shape index (κ2) is 9.10. The van der Waals surface area contributed by atoms with Gasteiger partial charge in [-0.1, -0.05) is 12.1 Å². The van der Waals surface area contributed by atoms with Gasteiger partial charge in [0.1, 0.15) is 11.3 Å². The zero-order valence-electron chi connectivity index (χ0n) is 18.5. The molecule has 2 amide bonds. The van der Waals surface area contributed by atoms with E-state index in [1.807, 2.05) is 41.3 Å². The van der Waals surface area contributed by atoms with Gasteiger partial charge in [-0.05, 0) is 62.1 Å². The topological polar surface area (TPSA) is 70.8 Å². The number of likely N-dealkylation sites (tertiary alicyclic amines) is 1. The first-order valence-electron chi connectivity index (χ1n) is 11.5. The van der Waals surface area contributed by atoms with Crippen molar-refractivity contribution in [2.24, 2.45) is 0 Å². The molecule has 7 heteroatoms. The van der Waals surface area contributed by atoms with E-state index >= 15 is 0 Å².